The molecular formula is C20H19N5O. The maximum absolute atomic E-state index is 6.02. The Morgan fingerprint density at radius 1 is 1.04 bits per heavy atom. The molecule has 0 amide bonds. The summed E-state index contributed by atoms with van der Waals surface area (Å²) in [7, 11) is 0. The normalized spacial score (nSPS) is 11.0. The third-order valence-corrected chi connectivity index (χ3v) is 4.37. The van der Waals surface area contributed by atoms with Crippen LogP contribution in [-0.4, -0.2) is 20.6 Å². The SMILES string of the molecule is Cc1ccc(-c2c(OCc3nn[nH]n3)ccc3cc(CN)ccc23)cc1. The summed E-state index contributed by atoms with van der Waals surface area (Å²) in [5.74, 6) is 1.30. The Morgan fingerprint density at radius 3 is 2.62 bits per heavy atom. The highest BCUT2D eigenvalue weighted by Crippen LogP contribution is 2.38. The van der Waals surface area contributed by atoms with E-state index in [9.17, 15) is 0 Å². The maximum atomic E-state index is 6.02. The molecule has 0 bridgehead atoms. The summed E-state index contributed by atoms with van der Waals surface area (Å²) >= 11 is 0. The van der Waals surface area contributed by atoms with Crippen molar-refractivity contribution in [2.24, 2.45) is 5.73 Å². The van der Waals surface area contributed by atoms with Gasteiger partial charge >= 0.3 is 0 Å². The molecular weight excluding hydrogens is 326 g/mol. The van der Waals surface area contributed by atoms with Crippen LogP contribution in [0, 0.1) is 6.92 Å². The largest absolute Gasteiger partial charge is 0.485 e. The molecule has 26 heavy (non-hydrogen) atoms. The number of nitrogens with zero attached hydrogens (tertiary/aromatic N) is 3. The minimum atomic E-state index is 0.252. The van der Waals surface area contributed by atoms with Crippen LogP contribution < -0.4 is 10.5 Å². The van der Waals surface area contributed by atoms with Gasteiger partial charge in [0.25, 0.3) is 0 Å². The van der Waals surface area contributed by atoms with Crippen molar-refractivity contribution >= 4 is 10.8 Å². The lowest BCUT2D eigenvalue weighted by Crippen LogP contribution is -2.00. The molecule has 0 atom stereocenters. The van der Waals surface area contributed by atoms with Gasteiger partial charge in [0.05, 0.1) is 0 Å². The predicted molar refractivity (Wildman–Crippen MR) is 101 cm³/mol. The Kier molecular flexibility index (Phi) is 4.33. The summed E-state index contributed by atoms with van der Waals surface area (Å²) in [5, 5.41) is 16.1. The number of aromatic nitrogens is 4. The molecule has 0 aliphatic heterocycles. The van der Waals surface area contributed by atoms with Crippen LogP contribution in [0.1, 0.15) is 17.0 Å². The van der Waals surface area contributed by atoms with Gasteiger partial charge in [-0.1, -0.05) is 53.2 Å². The Morgan fingerprint density at radius 2 is 1.88 bits per heavy atom. The van der Waals surface area contributed by atoms with Crippen LogP contribution in [0.4, 0.5) is 0 Å². The molecule has 130 valence electrons. The van der Waals surface area contributed by atoms with E-state index in [1.165, 1.54) is 5.56 Å². The van der Waals surface area contributed by atoms with Gasteiger partial charge < -0.3 is 10.5 Å². The predicted octanol–water partition coefficient (Wildman–Crippen LogP) is 3.37. The molecule has 6 nitrogen and oxygen atoms in total. The van der Waals surface area contributed by atoms with Crippen molar-refractivity contribution in [1.29, 1.82) is 0 Å². The molecule has 1 aromatic heterocycles. The van der Waals surface area contributed by atoms with Gasteiger partial charge in [0.1, 0.15) is 5.75 Å². The molecule has 3 N–H and O–H groups in total. The Hall–Kier alpha value is -3.25. The van der Waals surface area contributed by atoms with Gasteiger partial charge in [-0.3, -0.25) is 0 Å². The summed E-state index contributed by atoms with van der Waals surface area (Å²) in [6.07, 6.45) is 0. The van der Waals surface area contributed by atoms with Gasteiger partial charge in [-0.2, -0.15) is 5.21 Å². The number of ether oxygens (including phenoxy) is 1. The topological polar surface area (TPSA) is 89.7 Å². The summed E-state index contributed by atoms with van der Waals surface area (Å²) in [6.45, 7) is 2.85. The molecule has 6 heteroatoms. The minimum absolute atomic E-state index is 0.252. The molecule has 0 radical (unpaired) electrons. The molecule has 0 spiro atoms. The number of tetrazole rings is 1. The molecule has 4 rings (SSSR count). The number of hydrogen-bond donors (Lipinski definition) is 2. The zero-order chi connectivity index (χ0) is 17.9. The van der Waals surface area contributed by atoms with E-state index in [0.29, 0.717) is 12.4 Å². The van der Waals surface area contributed by atoms with Gasteiger partial charge in [0.15, 0.2) is 6.61 Å². The molecule has 0 aliphatic carbocycles. The van der Waals surface area contributed by atoms with Gasteiger partial charge in [0.2, 0.25) is 5.82 Å². The Labute approximate surface area is 151 Å². The van der Waals surface area contributed by atoms with Gasteiger partial charge in [-0.25, -0.2) is 0 Å². The third-order valence-electron chi connectivity index (χ3n) is 4.37. The molecule has 0 aliphatic rings. The van der Waals surface area contributed by atoms with Crippen molar-refractivity contribution in [2.45, 2.75) is 20.1 Å². The molecule has 3 aromatic carbocycles. The summed E-state index contributed by atoms with van der Waals surface area (Å²) < 4.78 is 6.02. The Bertz CT molecular complexity index is 1030. The molecule has 1 heterocycles. The minimum Gasteiger partial charge on any atom is -0.485 e. The van der Waals surface area contributed by atoms with Crippen LogP contribution in [0.3, 0.4) is 0 Å². The molecule has 0 unspecified atom stereocenters. The number of nitrogens with one attached hydrogen (secondary N) is 1. The van der Waals surface area contributed by atoms with Gasteiger partial charge in [-0.05, 0) is 41.0 Å². The monoisotopic (exact) mass is 345 g/mol. The molecule has 0 saturated carbocycles. The first kappa shape index (κ1) is 16.2. The first-order valence-electron chi connectivity index (χ1n) is 8.42. The maximum Gasteiger partial charge on any atom is 0.211 e. The highest BCUT2D eigenvalue weighted by atomic mass is 16.5. The van der Waals surface area contributed by atoms with E-state index >= 15 is 0 Å². The summed E-state index contributed by atoms with van der Waals surface area (Å²) in [4.78, 5) is 0. The number of aryl methyl sites for hydroxylation is 1. The van der Waals surface area contributed by atoms with Crippen LogP contribution in [-0.2, 0) is 13.2 Å². The lowest BCUT2D eigenvalue weighted by atomic mass is 9.95. The number of nitrogens with two attached hydrogens (primary N) is 1. The second kappa shape index (κ2) is 6.93. The zero-order valence-corrected chi connectivity index (χ0v) is 14.4. The molecule has 4 aromatic rings. The van der Waals surface area contributed by atoms with Crippen molar-refractivity contribution in [1.82, 2.24) is 20.6 Å². The number of H-pyrrole nitrogens is 1. The number of rotatable bonds is 5. The van der Waals surface area contributed by atoms with Crippen molar-refractivity contribution in [3.05, 3.63) is 71.5 Å². The fraction of sp³-hybridized carbons (Fsp3) is 0.150. The Balaban J connectivity index is 1.84. The second-order valence-electron chi connectivity index (χ2n) is 6.18. The van der Waals surface area contributed by atoms with E-state index < -0.39 is 0 Å². The van der Waals surface area contributed by atoms with E-state index in [4.69, 9.17) is 10.5 Å². The van der Waals surface area contributed by atoms with Crippen LogP contribution in [0.5, 0.6) is 5.75 Å². The van der Waals surface area contributed by atoms with Crippen LogP contribution >= 0.6 is 0 Å². The fourth-order valence-electron chi connectivity index (χ4n) is 3.01. The average Bonchev–Trinajstić information content (AvgIpc) is 3.20. The molecule has 0 fully saturated rings. The fourth-order valence-corrected chi connectivity index (χ4v) is 3.01. The van der Waals surface area contributed by atoms with E-state index in [1.807, 2.05) is 6.07 Å². The number of hydrogen-bond acceptors (Lipinski definition) is 5. The van der Waals surface area contributed by atoms with Crippen molar-refractivity contribution < 1.29 is 4.74 Å². The van der Waals surface area contributed by atoms with Crippen LogP contribution in [0.25, 0.3) is 21.9 Å². The smallest absolute Gasteiger partial charge is 0.211 e. The van der Waals surface area contributed by atoms with Crippen molar-refractivity contribution in [2.75, 3.05) is 0 Å². The van der Waals surface area contributed by atoms with Crippen LogP contribution in [0.2, 0.25) is 0 Å². The van der Waals surface area contributed by atoms with Gasteiger partial charge in [-0.15, -0.1) is 10.2 Å². The quantitative estimate of drug-likeness (QED) is 0.579. The number of aromatic amines is 1. The van der Waals surface area contributed by atoms with Crippen molar-refractivity contribution in [3.8, 4) is 16.9 Å². The standard InChI is InChI=1S/C20H19N5O/c1-13-2-5-15(6-3-13)20-17-8-4-14(11-21)10-16(17)7-9-18(20)26-12-19-22-24-25-23-19/h2-10H,11-12,21H2,1H3,(H,22,23,24,25). The summed E-state index contributed by atoms with van der Waals surface area (Å²) in [5.41, 5.74) is 10.3. The number of benzene rings is 3. The second-order valence-corrected chi connectivity index (χ2v) is 6.18. The van der Waals surface area contributed by atoms with Crippen LogP contribution in [0.15, 0.2) is 54.6 Å². The average molecular weight is 345 g/mol. The zero-order valence-electron chi connectivity index (χ0n) is 14.4. The first-order valence-corrected chi connectivity index (χ1v) is 8.42. The van der Waals surface area contributed by atoms with E-state index in [0.717, 1.165) is 33.2 Å². The lowest BCUT2D eigenvalue weighted by Gasteiger charge is -2.15. The van der Waals surface area contributed by atoms with Gasteiger partial charge in [0, 0.05) is 12.1 Å². The van der Waals surface area contributed by atoms with E-state index in [2.05, 4.69) is 76.1 Å². The highest BCUT2D eigenvalue weighted by molar-refractivity contribution is 6.00. The highest BCUT2D eigenvalue weighted by Gasteiger charge is 2.13. The number of fused-ring (bicyclic) bond motifs is 1. The first-order chi connectivity index (χ1) is 12.7. The lowest BCUT2D eigenvalue weighted by molar-refractivity contribution is 0.297. The van der Waals surface area contributed by atoms with E-state index in [-0.39, 0.29) is 6.61 Å². The third kappa shape index (κ3) is 3.14. The molecule has 0 saturated heterocycles. The van der Waals surface area contributed by atoms with Crippen molar-refractivity contribution in [3.63, 3.8) is 0 Å². The summed E-state index contributed by atoms with van der Waals surface area (Å²) in [6, 6.07) is 18.8. The van der Waals surface area contributed by atoms with E-state index in [1.54, 1.807) is 0 Å².